The van der Waals surface area contributed by atoms with Crippen molar-refractivity contribution in [2.24, 2.45) is 0 Å². The molecule has 0 fully saturated rings. The van der Waals surface area contributed by atoms with Crippen LogP contribution in [0.25, 0.3) is 10.9 Å². The third-order valence-electron chi connectivity index (χ3n) is 2.77. The molecular formula is C16H19NO4. The predicted octanol–water partition coefficient (Wildman–Crippen LogP) is 3.13. The highest BCUT2D eigenvalue weighted by Gasteiger charge is 2.13. The topological polar surface area (TPSA) is 68.7 Å². The van der Waals surface area contributed by atoms with Crippen molar-refractivity contribution in [2.45, 2.75) is 26.4 Å². The lowest BCUT2D eigenvalue weighted by Gasteiger charge is -2.19. The number of rotatable bonds is 5. The van der Waals surface area contributed by atoms with Crippen molar-refractivity contribution in [3.05, 3.63) is 36.0 Å². The quantitative estimate of drug-likeness (QED) is 0.856. The number of aromatic carboxylic acids is 1. The summed E-state index contributed by atoms with van der Waals surface area (Å²) in [5.74, 6) is -0.563. The number of carboxylic acid groups (broad SMARTS) is 1. The molecule has 112 valence electrons. The highest BCUT2D eigenvalue weighted by atomic mass is 16.5. The van der Waals surface area contributed by atoms with Crippen LogP contribution >= 0.6 is 0 Å². The summed E-state index contributed by atoms with van der Waals surface area (Å²) >= 11 is 0. The molecule has 1 N–H and O–H groups in total. The van der Waals surface area contributed by atoms with Crippen LogP contribution in [0.4, 0.5) is 0 Å². The number of carbonyl (C=O) groups is 1. The minimum Gasteiger partial charge on any atom is -0.490 e. The summed E-state index contributed by atoms with van der Waals surface area (Å²) in [5.41, 5.74) is 0.347. The molecule has 0 amide bonds. The maximum atomic E-state index is 11.1. The van der Waals surface area contributed by atoms with E-state index in [1.54, 1.807) is 6.07 Å². The van der Waals surface area contributed by atoms with E-state index >= 15 is 0 Å². The Morgan fingerprint density at radius 1 is 1.24 bits per heavy atom. The van der Waals surface area contributed by atoms with Crippen molar-refractivity contribution in [1.29, 1.82) is 0 Å². The maximum absolute atomic E-state index is 11.1. The van der Waals surface area contributed by atoms with E-state index in [1.165, 1.54) is 6.07 Å². The number of aromatic nitrogens is 1. The second kappa shape index (κ2) is 6.10. The normalized spacial score (nSPS) is 11.6. The van der Waals surface area contributed by atoms with E-state index in [1.807, 2.05) is 39.0 Å². The van der Waals surface area contributed by atoms with Gasteiger partial charge in [0.1, 0.15) is 12.4 Å². The lowest BCUT2D eigenvalue weighted by atomic mass is 10.2. The highest BCUT2D eigenvalue weighted by Crippen LogP contribution is 2.25. The molecule has 0 aliphatic rings. The lowest BCUT2D eigenvalue weighted by molar-refractivity contribution is -0.0161. The Kier molecular flexibility index (Phi) is 4.43. The van der Waals surface area contributed by atoms with Gasteiger partial charge in [-0.25, -0.2) is 9.78 Å². The third kappa shape index (κ3) is 4.16. The molecule has 5 heteroatoms. The largest absolute Gasteiger partial charge is 0.490 e. The standard InChI is InChI=1S/C16H19NO4/c1-16(2,3)21-9-8-20-14-10-13(15(18)19)17-12-7-5-4-6-11(12)14/h4-7,10H,8-9H2,1-3H3,(H,18,19). The molecule has 2 aromatic rings. The molecule has 21 heavy (non-hydrogen) atoms. The highest BCUT2D eigenvalue weighted by molar-refractivity contribution is 5.93. The molecule has 2 rings (SSSR count). The van der Waals surface area contributed by atoms with Gasteiger partial charge in [-0.05, 0) is 32.9 Å². The second-order valence-electron chi connectivity index (χ2n) is 5.64. The number of hydrogen-bond acceptors (Lipinski definition) is 4. The van der Waals surface area contributed by atoms with Crippen molar-refractivity contribution in [3.63, 3.8) is 0 Å². The van der Waals surface area contributed by atoms with E-state index < -0.39 is 5.97 Å². The van der Waals surface area contributed by atoms with E-state index in [2.05, 4.69) is 4.98 Å². The van der Waals surface area contributed by atoms with Gasteiger partial charge < -0.3 is 14.6 Å². The van der Waals surface area contributed by atoms with E-state index in [0.717, 1.165) is 5.39 Å². The minimum atomic E-state index is -1.07. The van der Waals surface area contributed by atoms with Crippen LogP contribution in [-0.4, -0.2) is 34.9 Å². The number of benzene rings is 1. The van der Waals surface area contributed by atoms with Gasteiger partial charge in [-0.15, -0.1) is 0 Å². The van der Waals surface area contributed by atoms with Crippen molar-refractivity contribution < 1.29 is 19.4 Å². The van der Waals surface area contributed by atoms with Gasteiger partial charge in [-0.2, -0.15) is 0 Å². The Labute approximate surface area is 123 Å². The summed E-state index contributed by atoms with van der Waals surface area (Å²) in [4.78, 5) is 15.2. The smallest absolute Gasteiger partial charge is 0.354 e. The van der Waals surface area contributed by atoms with Crippen LogP contribution in [0.2, 0.25) is 0 Å². The van der Waals surface area contributed by atoms with Crippen LogP contribution in [0.15, 0.2) is 30.3 Å². The molecular weight excluding hydrogens is 270 g/mol. The molecule has 1 aromatic carbocycles. The zero-order valence-electron chi connectivity index (χ0n) is 12.4. The zero-order chi connectivity index (χ0) is 15.5. The van der Waals surface area contributed by atoms with E-state index in [4.69, 9.17) is 14.6 Å². The number of hydrogen-bond donors (Lipinski definition) is 1. The van der Waals surface area contributed by atoms with Gasteiger partial charge in [0, 0.05) is 11.5 Å². The van der Waals surface area contributed by atoms with Gasteiger partial charge in [0.05, 0.1) is 17.7 Å². The monoisotopic (exact) mass is 289 g/mol. The number of ether oxygens (including phenoxy) is 2. The van der Waals surface area contributed by atoms with Gasteiger partial charge >= 0.3 is 5.97 Å². The fourth-order valence-electron chi connectivity index (χ4n) is 1.87. The number of pyridine rings is 1. The van der Waals surface area contributed by atoms with Crippen LogP contribution in [-0.2, 0) is 4.74 Å². The van der Waals surface area contributed by atoms with Crippen LogP contribution in [0.3, 0.4) is 0 Å². The second-order valence-corrected chi connectivity index (χ2v) is 5.64. The molecule has 1 aromatic heterocycles. The van der Waals surface area contributed by atoms with E-state index in [9.17, 15) is 4.79 Å². The summed E-state index contributed by atoms with van der Waals surface area (Å²) in [7, 11) is 0. The van der Waals surface area contributed by atoms with Crippen LogP contribution in [0.1, 0.15) is 31.3 Å². The van der Waals surface area contributed by atoms with Crippen molar-refractivity contribution in [1.82, 2.24) is 4.98 Å². The molecule has 0 saturated heterocycles. The number of nitrogens with zero attached hydrogens (tertiary/aromatic N) is 1. The third-order valence-corrected chi connectivity index (χ3v) is 2.77. The lowest BCUT2D eigenvalue weighted by Crippen LogP contribution is -2.22. The fraction of sp³-hybridized carbons (Fsp3) is 0.375. The summed E-state index contributed by atoms with van der Waals surface area (Å²) < 4.78 is 11.3. The Hall–Kier alpha value is -2.14. The van der Waals surface area contributed by atoms with Crippen LogP contribution < -0.4 is 4.74 Å². The van der Waals surface area contributed by atoms with Crippen molar-refractivity contribution >= 4 is 16.9 Å². The first-order chi connectivity index (χ1) is 9.87. The molecule has 0 spiro atoms. The molecule has 0 bridgehead atoms. The average Bonchev–Trinajstić information content (AvgIpc) is 2.42. The number of fused-ring (bicyclic) bond motifs is 1. The minimum absolute atomic E-state index is 0.0274. The zero-order valence-corrected chi connectivity index (χ0v) is 12.4. The van der Waals surface area contributed by atoms with E-state index in [-0.39, 0.29) is 11.3 Å². The summed E-state index contributed by atoms with van der Waals surface area (Å²) in [6.07, 6.45) is 0. The first-order valence-corrected chi connectivity index (χ1v) is 6.77. The van der Waals surface area contributed by atoms with E-state index in [0.29, 0.717) is 24.5 Å². The molecule has 0 saturated carbocycles. The number of para-hydroxylation sites is 1. The predicted molar refractivity (Wildman–Crippen MR) is 79.9 cm³/mol. The van der Waals surface area contributed by atoms with Crippen molar-refractivity contribution in [3.8, 4) is 5.75 Å². The van der Waals surface area contributed by atoms with Crippen LogP contribution in [0, 0.1) is 0 Å². The average molecular weight is 289 g/mol. The molecule has 1 heterocycles. The first kappa shape index (κ1) is 15.3. The van der Waals surface area contributed by atoms with Gasteiger partial charge in [0.25, 0.3) is 0 Å². The van der Waals surface area contributed by atoms with Gasteiger partial charge in [-0.3, -0.25) is 0 Å². The Bertz CT molecular complexity index is 646. The molecule has 0 unspecified atom stereocenters. The summed E-state index contributed by atoms with van der Waals surface area (Å²) in [6, 6.07) is 8.74. The molecule has 5 nitrogen and oxygen atoms in total. The van der Waals surface area contributed by atoms with Crippen LogP contribution in [0.5, 0.6) is 5.75 Å². The fourth-order valence-corrected chi connectivity index (χ4v) is 1.87. The summed E-state index contributed by atoms with van der Waals surface area (Å²) in [6.45, 7) is 6.69. The first-order valence-electron chi connectivity index (χ1n) is 6.77. The summed E-state index contributed by atoms with van der Waals surface area (Å²) in [5, 5.41) is 9.89. The number of carboxylic acids is 1. The van der Waals surface area contributed by atoms with Gasteiger partial charge in [-0.1, -0.05) is 12.1 Å². The Morgan fingerprint density at radius 2 is 1.95 bits per heavy atom. The maximum Gasteiger partial charge on any atom is 0.354 e. The Morgan fingerprint density at radius 3 is 2.62 bits per heavy atom. The molecule has 0 aliphatic carbocycles. The Balaban J connectivity index is 2.19. The van der Waals surface area contributed by atoms with Gasteiger partial charge in [0.2, 0.25) is 0 Å². The van der Waals surface area contributed by atoms with Gasteiger partial charge in [0.15, 0.2) is 5.69 Å². The molecule has 0 radical (unpaired) electrons. The SMILES string of the molecule is CC(C)(C)OCCOc1cc(C(=O)O)nc2ccccc12. The van der Waals surface area contributed by atoms with Crippen molar-refractivity contribution in [2.75, 3.05) is 13.2 Å². The molecule has 0 atom stereocenters. The molecule has 0 aliphatic heterocycles.